The van der Waals surface area contributed by atoms with E-state index in [9.17, 15) is 0 Å². The molecule has 0 atom stereocenters. The standard InChI is InChI=1S/C48H31NO2/c1-2-10-32(11-3-1)33-20-25-37(26-21-33)49(38-27-22-34(23-28-38)40-16-9-17-44-42-15-5-7-19-46(42)51-48(40)44)39-13-8-12-35(30-39)36-24-29-43-41-14-4-6-18-45(41)50-47(43)31-36/h1-31H. The molecule has 2 heterocycles. The van der Waals surface area contributed by atoms with Crippen LogP contribution in [-0.4, -0.2) is 0 Å². The van der Waals surface area contributed by atoms with Crippen LogP contribution in [0.5, 0.6) is 0 Å². The predicted octanol–water partition coefficient (Wildman–Crippen LogP) is 14.0. The van der Waals surface area contributed by atoms with Crippen LogP contribution in [0.15, 0.2) is 197 Å². The maximum absolute atomic E-state index is 6.38. The number of para-hydroxylation sites is 3. The van der Waals surface area contributed by atoms with E-state index in [-0.39, 0.29) is 0 Å². The van der Waals surface area contributed by atoms with E-state index in [4.69, 9.17) is 8.83 Å². The van der Waals surface area contributed by atoms with Crippen LogP contribution in [0.4, 0.5) is 17.1 Å². The summed E-state index contributed by atoms with van der Waals surface area (Å²) in [5, 5.41) is 4.53. The van der Waals surface area contributed by atoms with Gasteiger partial charge in [0, 0.05) is 44.2 Å². The first-order chi connectivity index (χ1) is 25.3. The summed E-state index contributed by atoms with van der Waals surface area (Å²) in [6.07, 6.45) is 0. The van der Waals surface area contributed by atoms with Gasteiger partial charge in [0.05, 0.1) is 0 Å². The fraction of sp³-hybridized carbons (Fsp3) is 0. The van der Waals surface area contributed by atoms with Crippen LogP contribution < -0.4 is 4.90 Å². The molecule has 0 unspecified atom stereocenters. The Morgan fingerprint density at radius 1 is 0.294 bits per heavy atom. The molecule has 51 heavy (non-hydrogen) atoms. The van der Waals surface area contributed by atoms with Crippen LogP contribution in [-0.2, 0) is 0 Å². The molecule has 0 amide bonds. The van der Waals surface area contributed by atoms with Crippen LogP contribution in [0.25, 0.3) is 77.3 Å². The summed E-state index contributed by atoms with van der Waals surface area (Å²) in [4.78, 5) is 2.32. The van der Waals surface area contributed by atoms with Crippen molar-refractivity contribution in [1.29, 1.82) is 0 Å². The zero-order chi connectivity index (χ0) is 33.7. The number of rotatable bonds is 6. The molecule has 0 aliphatic carbocycles. The second-order valence-corrected chi connectivity index (χ2v) is 12.9. The second-order valence-electron chi connectivity index (χ2n) is 12.9. The molecule has 0 aliphatic rings. The number of benzene rings is 8. The third-order valence-electron chi connectivity index (χ3n) is 9.89. The van der Waals surface area contributed by atoms with Crippen molar-refractivity contribution in [3.63, 3.8) is 0 Å². The molecule has 0 saturated carbocycles. The number of anilines is 3. The van der Waals surface area contributed by atoms with Crippen molar-refractivity contribution < 1.29 is 8.83 Å². The number of furan rings is 2. The number of hydrogen-bond donors (Lipinski definition) is 0. The summed E-state index contributed by atoms with van der Waals surface area (Å²) in [5.74, 6) is 0. The van der Waals surface area contributed by atoms with Gasteiger partial charge in [-0.05, 0) is 88.5 Å². The van der Waals surface area contributed by atoms with Gasteiger partial charge in [0.2, 0.25) is 0 Å². The first-order valence-electron chi connectivity index (χ1n) is 17.2. The molecule has 0 fully saturated rings. The molecule has 0 spiro atoms. The van der Waals surface area contributed by atoms with Gasteiger partial charge in [-0.1, -0.05) is 127 Å². The normalized spacial score (nSPS) is 11.5. The molecule has 3 heteroatoms. The lowest BCUT2D eigenvalue weighted by Gasteiger charge is -2.26. The van der Waals surface area contributed by atoms with Crippen molar-refractivity contribution in [1.82, 2.24) is 0 Å². The topological polar surface area (TPSA) is 29.5 Å². The highest BCUT2D eigenvalue weighted by atomic mass is 16.3. The Kier molecular flexibility index (Phi) is 6.81. The average molecular weight is 654 g/mol. The predicted molar refractivity (Wildman–Crippen MR) is 212 cm³/mol. The quantitative estimate of drug-likeness (QED) is 0.179. The minimum atomic E-state index is 0.891. The highest BCUT2D eigenvalue weighted by Crippen LogP contribution is 2.41. The average Bonchev–Trinajstić information content (AvgIpc) is 3.77. The Morgan fingerprint density at radius 3 is 1.59 bits per heavy atom. The third-order valence-corrected chi connectivity index (χ3v) is 9.89. The van der Waals surface area contributed by atoms with Crippen molar-refractivity contribution in [2.75, 3.05) is 4.90 Å². The SMILES string of the molecule is c1ccc(-c2ccc(N(c3ccc(-c4cccc5c4oc4ccccc45)cc3)c3cccc(-c4ccc5c(c4)oc4ccccc45)c3)cc2)cc1. The smallest absolute Gasteiger partial charge is 0.143 e. The molecule has 10 aromatic rings. The summed E-state index contributed by atoms with van der Waals surface area (Å²) in [7, 11) is 0. The number of nitrogens with zero attached hydrogens (tertiary/aromatic N) is 1. The molecule has 8 aromatic carbocycles. The van der Waals surface area contributed by atoms with Crippen molar-refractivity contribution in [3.8, 4) is 33.4 Å². The Labute approximate surface area is 295 Å². The van der Waals surface area contributed by atoms with Crippen molar-refractivity contribution >= 4 is 60.9 Å². The van der Waals surface area contributed by atoms with Gasteiger partial charge in [-0.3, -0.25) is 0 Å². The van der Waals surface area contributed by atoms with Gasteiger partial charge < -0.3 is 13.7 Å². The first-order valence-corrected chi connectivity index (χ1v) is 17.2. The lowest BCUT2D eigenvalue weighted by atomic mass is 10.0. The molecular formula is C48H31NO2. The molecule has 0 aliphatic heterocycles. The summed E-state index contributed by atoms with van der Waals surface area (Å²) in [6, 6.07) is 66.2. The Hall–Kier alpha value is -6.84. The molecule has 3 nitrogen and oxygen atoms in total. The van der Waals surface area contributed by atoms with Gasteiger partial charge >= 0.3 is 0 Å². The monoisotopic (exact) mass is 653 g/mol. The maximum Gasteiger partial charge on any atom is 0.143 e. The lowest BCUT2D eigenvalue weighted by molar-refractivity contribution is 0.669. The Morgan fingerprint density at radius 2 is 0.824 bits per heavy atom. The summed E-state index contributed by atoms with van der Waals surface area (Å²) in [6.45, 7) is 0. The minimum absolute atomic E-state index is 0.891. The molecular weight excluding hydrogens is 623 g/mol. The fourth-order valence-corrected chi connectivity index (χ4v) is 7.38. The molecule has 0 bridgehead atoms. The zero-order valence-corrected chi connectivity index (χ0v) is 27.7. The van der Waals surface area contributed by atoms with E-state index in [0.717, 1.165) is 83.2 Å². The molecule has 0 N–H and O–H groups in total. The highest BCUT2D eigenvalue weighted by molar-refractivity contribution is 6.09. The van der Waals surface area contributed by atoms with E-state index in [1.807, 2.05) is 24.3 Å². The lowest BCUT2D eigenvalue weighted by Crippen LogP contribution is -2.10. The molecule has 0 radical (unpaired) electrons. The summed E-state index contributed by atoms with van der Waals surface area (Å²) >= 11 is 0. The molecule has 240 valence electrons. The van der Waals surface area contributed by atoms with E-state index in [1.165, 1.54) is 11.1 Å². The van der Waals surface area contributed by atoms with E-state index in [1.54, 1.807) is 0 Å². The van der Waals surface area contributed by atoms with Crippen LogP contribution in [0.1, 0.15) is 0 Å². The number of fused-ring (bicyclic) bond motifs is 6. The first kappa shape index (κ1) is 29.1. The molecule has 10 rings (SSSR count). The Balaban J connectivity index is 1.07. The van der Waals surface area contributed by atoms with Gasteiger partial charge in [-0.25, -0.2) is 0 Å². The van der Waals surface area contributed by atoms with E-state index >= 15 is 0 Å². The van der Waals surface area contributed by atoms with Crippen molar-refractivity contribution in [3.05, 3.63) is 188 Å². The van der Waals surface area contributed by atoms with Crippen LogP contribution in [0.2, 0.25) is 0 Å². The van der Waals surface area contributed by atoms with Crippen LogP contribution in [0, 0.1) is 0 Å². The highest BCUT2D eigenvalue weighted by Gasteiger charge is 2.17. The fourth-order valence-electron chi connectivity index (χ4n) is 7.38. The van der Waals surface area contributed by atoms with Gasteiger partial charge in [0.25, 0.3) is 0 Å². The van der Waals surface area contributed by atoms with Crippen LogP contribution in [0.3, 0.4) is 0 Å². The molecule has 2 aromatic heterocycles. The zero-order valence-electron chi connectivity index (χ0n) is 27.7. The van der Waals surface area contributed by atoms with Crippen molar-refractivity contribution in [2.45, 2.75) is 0 Å². The van der Waals surface area contributed by atoms with Crippen molar-refractivity contribution in [2.24, 2.45) is 0 Å². The van der Waals surface area contributed by atoms with Gasteiger partial charge in [0.1, 0.15) is 22.3 Å². The maximum atomic E-state index is 6.38. The van der Waals surface area contributed by atoms with E-state index in [0.29, 0.717) is 0 Å². The van der Waals surface area contributed by atoms with Gasteiger partial charge in [-0.15, -0.1) is 0 Å². The third kappa shape index (κ3) is 5.06. The van der Waals surface area contributed by atoms with Gasteiger partial charge in [-0.2, -0.15) is 0 Å². The van der Waals surface area contributed by atoms with E-state index in [2.05, 4.69) is 169 Å². The Bertz CT molecular complexity index is 2840. The molecule has 0 saturated heterocycles. The minimum Gasteiger partial charge on any atom is -0.456 e. The second kappa shape index (κ2) is 11.9. The largest absolute Gasteiger partial charge is 0.456 e. The van der Waals surface area contributed by atoms with E-state index < -0.39 is 0 Å². The van der Waals surface area contributed by atoms with Gasteiger partial charge in [0.15, 0.2) is 0 Å². The summed E-state index contributed by atoms with van der Waals surface area (Å²) < 4.78 is 12.6. The summed E-state index contributed by atoms with van der Waals surface area (Å²) in [5.41, 5.74) is 13.6. The number of hydrogen-bond acceptors (Lipinski definition) is 3. The van der Waals surface area contributed by atoms with Crippen LogP contribution >= 0.6 is 0 Å².